The first-order valence-corrected chi connectivity index (χ1v) is 17.8. The molecule has 5 saturated carbocycles. The molecule has 0 aliphatic heterocycles. The van der Waals surface area contributed by atoms with Crippen molar-refractivity contribution in [1.29, 1.82) is 0 Å². The summed E-state index contributed by atoms with van der Waals surface area (Å²) in [5.74, 6) is 4.00. The molecule has 0 aromatic rings. The molecular weight excluding hydrogens is 536 g/mol. The maximum absolute atomic E-state index is 11.9. The summed E-state index contributed by atoms with van der Waals surface area (Å²) >= 11 is 0. The van der Waals surface area contributed by atoms with Gasteiger partial charge in [-0.2, -0.15) is 0 Å². The zero-order valence-corrected chi connectivity index (χ0v) is 27.5. The van der Waals surface area contributed by atoms with E-state index in [1.807, 2.05) is 19.9 Å². The normalized spacial score (nSPS) is 45.1. The summed E-state index contributed by atoms with van der Waals surface area (Å²) in [6, 6.07) is 0. The molecule has 0 aromatic heterocycles. The first-order valence-electron chi connectivity index (χ1n) is 17.8. The molecule has 43 heavy (non-hydrogen) atoms. The van der Waals surface area contributed by atoms with Crippen molar-refractivity contribution in [3.05, 3.63) is 22.8 Å². The number of Topliss-reactive ketones (excluding diaryl/α,β-unsaturated/α-hetero) is 1. The summed E-state index contributed by atoms with van der Waals surface area (Å²) in [4.78, 5) is 35.6. The Hall–Kier alpha value is -1.75. The Morgan fingerprint density at radius 3 is 2.40 bits per heavy atom. The highest BCUT2D eigenvalue weighted by Gasteiger charge is 2.60. The van der Waals surface area contributed by atoms with E-state index in [1.54, 1.807) is 0 Å². The van der Waals surface area contributed by atoms with Crippen molar-refractivity contribution in [2.75, 3.05) is 0 Å². The lowest BCUT2D eigenvalue weighted by atomic mass is 9.47. The quantitative estimate of drug-likeness (QED) is 0.335. The maximum Gasteiger partial charge on any atom is 0.305 e. The molecule has 5 nitrogen and oxygen atoms in total. The van der Waals surface area contributed by atoms with Crippen LogP contribution in [0.2, 0.25) is 0 Å². The van der Waals surface area contributed by atoms with Gasteiger partial charge >= 0.3 is 5.97 Å². The van der Waals surface area contributed by atoms with Gasteiger partial charge in [0.05, 0.1) is 6.10 Å². The lowest BCUT2D eigenvalue weighted by molar-refractivity contribution is -0.159. The number of carbonyl (C=O) groups is 3. The second-order valence-corrected chi connectivity index (χ2v) is 15.9. The minimum atomic E-state index is -0.105. The highest BCUT2D eigenvalue weighted by molar-refractivity contribution is 5.96. The lowest BCUT2D eigenvalue weighted by Crippen LogP contribution is -2.51. The predicted octanol–water partition coefficient (Wildman–Crippen LogP) is 8.08. The monoisotopic (exact) mass is 592 g/mol. The van der Waals surface area contributed by atoms with E-state index >= 15 is 0 Å². The summed E-state index contributed by atoms with van der Waals surface area (Å²) in [5, 5.41) is 10.4. The number of rotatable bonds is 3. The molecule has 5 heteroatoms. The molecule has 7 aliphatic carbocycles. The maximum atomic E-state index is 11.9. The minimum absolute atomic E-state index is 0.0411. The third-order valence-corrected chi connectivity index (χ3v) is 14.6. The van der Waals surface area contributed by atoms with Crippen LogP contribution in [0.4, 0.5) is 0 Å². The van der Waals surface area contributed by atoms with E-state index in [0.29, 0.717) is 41.7 Å². The van der Waals surface area contributed by atoms with Gasteiger partial charge in [0.25, 0.3) is 0 Å². The number of hydrogen-bond donors (Lipinski definition) is 1. The van der Waals surface area contributed by atoms with Crippen LogP contribution in [0.15, 0.2) is 22.8 Å². The predicted molar refractivity (Wildman–Crippen MR) is 168 cm³/mol. The van der Waals surface area contributed by atoms with Gasteiger partial charge in [-0.25, -0.2) is 0 Å². The van der Waals surface area contributed by atoms with Gasteiger partial charge in [0.1, 0.15) is 6.10 Å². The van der Waals surface area contributed by atoms with E-state index in [4.69, 9.17) is 4.74 Å². The average Bonchev–Trinajstić information content (AvgIpc) is 3.52. The molecule has 7 rings (SSSR count). The van der Waals surface area contributed by atoms with Crippen molar-refractivity contribution in [3.8, 4) is 0 Å². The van der Waals surface area contributed by atoms with Crippen LogP contribution in [0.5, 0.6) is 0 Å². The Labute approximate surface area is 259 Å². The molecule has 0 bridgehead atoms. The average molecular weight is 593 g/mol. The fraction of sp³-hybridized carbons (Fsp3) is 0.816. The summed E-state index contributed by atoms with van der Waals surface area (Å²) in [5.41, 5.74) is 4.48. The number of ether oxygens (including phenoxy) is 1. The van der Waals surface area contributed by atoms with Crippen molar-refractivity contribution in [3.63, 3.8) is 0 Å². The fourth-order valence-electron chi connectivity index (χ4n) is 12.0. The smallest absolute Gasteiger partial charge is 0.305 e. The Kier molecular flexibility index (Phi) is 8.40. The zero-order chi connectivity index (χ0) is 30.7. The van der Waals surface area contributed by atoms with E-state index in [-0.39, 0.29) is 34.4 Å². The SMILES string of the molecule is CCC(=O)O[C@H]1CC[C@H]2[C@@H]3CCC4=CC(=O)CC[C@]4(C)[C@H]3CC[C@]12C.CCC12CCC3=C(C)C(=O)CCC3C1CCC2O. The molecular formula is C38H56O5. The summed E-state index contributed by atoms with van der Waals surface area (Å²) < 4.78 is 5.86. The topological polar surface area (TPSA) is 80.7 Å². The first-order chi connectivity index (χ1) is 20.5. The Morgan fingerprint density at radius 2 is 1.65 bits per heavy atom. The molecule has 238 valence electrons. The molecule has 0 radical (unpaired) electrons. The van der Waals surface area contributed by atoms with Crippen LogP contribution < -0.4 is 0 Å². The molecule has 0 aromatic carbocycles. The van der Waals surface area contributed by atoms with E-state index < -0.39 is 0 Å². The summed E-state index contributed by atoms with van der Waals surface area (Å²) in [6.45, 7) is 10.9. The number of fused-ring (bicyclic) bond motifs is 8. The largest absolute Gasteiger partial charge is 0.462 e. The van der Waals surface area contributed by atoms with E-state index in [0.717, 1.165) is 88.5 Å². The number of aliphatic hydroxyl groups excluding tert-OH is 1. The summed E-state index contributed by atoms with van der Waals surface area (Å²) in [7, 11) is 0. The highest BCUT2D eigenvalue weighted by Crippen LogP contribution is 2.66. The molecule has 0 heterocycles. The van der Waals surface area contributed by atoms with Crippen molar-refractivity contribution in [1.82, 2.24) is 0 Å². The van der Waals surface area contributed by atoms with Gasteiger partial charge in [-0.15, -0.1) is 0 Å². The molecule has 5 fully saturated rings. The Morgan fingerprint density at radius 1 is 0.884 bits per heavy atom. The Balaban J connectivity index is 0.000000162. The van der Waals surface area contributed by atoms with Crippen LogP contribution in [0.1, 0.15) is 137 Å². The van der Waals surface area contributed by atoms with Crippen molar-refractivity contribution in [2.45, 2.75) is 150 Å². The van der Waals surface area contributed by atoms with E-state index in [9.17, 15) is 19.5 Å². The zero-order valence-electron chi connectivity index (χ0n) is 27.5. The van der Waals surface area contributed by atoms with Crippen LogP contribution in [-0.4, -0.2) is 34.9 Å². The first kappa shape index (κ1) is 31.2. The van der Waals surface area contributed by atoms with Crippen LogP contribution >= 0.6 is 0 Å². The van der Waals surface area contributed by atoms with Gasteiger partial charge in [-0.1, -0.05) is 38.8 Å². The third kappa shape index (κ3) is 4.93. The number of ketones is 2. The van der Waals surface area contributed by atoms with Gasteiger partial charge < -0.3 is 9.84 Å². The Bertz CT molecular complexity index is 1210. The van der Waals surface area contributed by atoms with Gasteiger partial charge in [-0.3, -0.25) is 14.4 Å². The number of allylic oxidation sites excluding steroid dienone is 3. The number of esters is 1. The van der Waals surface area contributed by atoms with E-state index in [1.165, 1.54) is 30.4 Å². The van der Waals surface area contributed by atoms with Gasteiger partial charge in [0.15, 0.2) is 11.6 Å². The molecule has 1 N–H and O–H groups in total. The molecule has 0 saturated heterocycles. The van der Waals surface area contributed by atoms with Crippen molar-refractivity contribution in [2.24, 2.45) is 45.8 Å². The standard InChI is InChI=1S/C22H32O3.C16H24O2/c1-4-20(24)25-19-8-7-17-16-6-5-14-13-15(23)9-11-21(14,2)18(16)10-12-22(17,19)3;1-3-16-9-8-11-10(2)14(17)6-4-12(11)13(16)5-7-15(16)18/h13,16-19H,4-12H2,1-3H3;12-13,15,18H,3-9H2,1-2H3/t16-,17-,18-,19-,21-,22-;/m0./s1. The van der Waals surface area contributed by atoms with Crippen molar-refractivity contribution >= 4 is 17.5 Å². The minimum Gasteiger partial charge on any atom is -0.462 e. The number of carbonyl (C=O) groups excluding carboxylic acids is 3. The second kappa shape index (κ2) is 11.6. The third-order valence-electron chi connectivity index (χ3n) is 14.6. The van der Waals surface area contributed by atoms with Crippen LogP contribution in [0.3, 0.4) is 0 Å². The van der Waals surface area contributed by atoms with Gasteiger partial charge in [0.2, 0.25) is 0 Å². The van der Waals surface area contributed by atoms with Gasteiger partial charge in [0, 0.05) is 24.7 Å². The molecule has 7 aliphatic rings. The van der Waals surface area contributed by atoms with Crippen LogP contribution in [-0.2, 0) is 19.1 Å². The number of hydrogen-bond acceptors (Lipinski definition) is 5. The highest BCUT2D eigenvalue weighted by atomic mass is 16.5. The molecule has 10 atom stereocenters. The van der Waals surface area contributed by atoms with Crippen LogP contribution in [0.25, 0.3) is 0 Å². The molecule has 0 amide bonds. The molecule has 0 spiro atoms. The number of aliphatic hydroxyl groups is 1. The van der Waals surface area contributed by atoms with E-state index in [2.05, 4.69) is 20.8 Å². The second-order valence-electron chi connectivity index (χ2n) is 15.9. The molecule has 4 unspecified atom stereocenters. The van der Waals surface area contributed by atoms with Gasteiger partial charge in [-0.05, 0) is 142 Å². The summed E-state index contributed by atoms with van der Waals surface area (Å²) in [6.07, 6.45) is 18.3. The fourth-order valence-corrected chi connectivity index (χ4v) is 12.0. The lowest BCUT2D eigenvalue weighted by Gasteiger charge is -2.57. The van der Waals surface area contributed by atoms with Crippen LogP contribution in [0, 0.1) is 45.8 Å². The van der Waals surface area contributed by atoms with Crippen molar-refractivity contribution < 1.29 is 24.2 Å².